The third-order valence-corrected chi connectivity index (χ3v) is 4.42. The molecule has 1 aromatic carbocycles. The molecule has 0 bridgehead atoms. The fourth-order valence-corrected chi connectivity index (χ4v) is 3.01. The summed E-state index contributed by atoms with van der Waals surface area (Å²) in [5, 5.41) is 2.59. The molecule has 1 aliphatic rings. The molecule has 1 aromatic rings. The van der Waals surface area contributed by atoms with Gasteiger partial charge in [0.05, 0.1) is 10.6 Å². The minimum absolute atomic E-state index is 0.0536. The summed E-state index contributed by atoms with van der Waals surface area (Å²) in [7, 11) is -3.56. The molecule has 0 aliphatic carbocycles. The molecule has 7 heteroatoms. The molecule has 0 radical (unpaired) electrons. The second-order valence-electron chi connectivity index (χ2n) is 4.00. The number of urea groups is 1. The molecule has 0 unspecified atom stereocenters. The van der Waals surface area contributed by atoms with E-state index >= 15 is 0 Å². The largest absolute Gasteiger partial charge is 0.336 e. The summed E-state index contributed by atoms with van der Waals surface area (Å²) in [4.78, 5) is 12.6. The van der Waals surface area contributed by atoms with Gasteiger partial charge in [-0.3, -0.25) is 0 Å². The van der Waals surface area contributed by atoms with Crippen molar-refractivity contribution in [3.05, 3.63) is 30.1 Å². The number of halogens is 1. The Balaban J connectivity index is 2.06. The molecule has 1 aliphatic heterocycles. The third-order valence-electron chi connectivity index (χ3n) is 2.73. The van der Waals surface area contributed by atoms with Gasteiger partial charge in [0.1, 0.15) is 5.82 Å². The van der Waals surface area contributed by atoms with Crippen molar-refractivity contribution in [2.75, 3.05) is 25.4 Å². The molecule has 1 saturated heterocycles. The lowest BCUT2D eigenvalue weighted by Crippen LogP contribution is -2.32. The highest BCUT2D eigenvalue weighted by atomic mass is 32.2. The fraction of sp³-hybridized carbons (Fsp3) is 0.364. The maximum atomic E-state index is 13.0. The van der Waals surface area contributed by atoms with Gasteiger partial charge >= 0.3 is 6.03 Å². The predicted molar refractivity (Wildman–Crippen MR) is 63.4 cm³/mol. The van der Waals surface area contributed by atoms with Gasteiger partial charge in [0.2, 0.25) is 0 Å². The highest BCUT2D eigenvalue weighted by molar-refractivity contribution is 7.91. The molecule has 1 heterocycles. The molecule has 0 saturated carbocycles. The second kappa shape index (κ2) is 4.93. The van der Waals surface area contributed by atoms with E-state index in [1.165, 1.54) is 23.1 Å². The van der Waals surface area contributed by atoms with Crippen molar-refractivity contribution in [3.63, 3.8) is 0 Å². The van der Waals surface area contributed by atoms with Crippen LogP contribution in [0.5, 0.6) is 0 Å². The maximum Gasteiger partial charge on any atom is 0.317 e. The number of carbonyl (C=O) groups excluding carboxylic acids is 1. The summed E-state index contributed by atoms with van der Waals surface area (Å²) in [6.07, 6.45) is 0. The van der Waals surface area contributed by atoms with E-state index in [4.69, 9.17) is 0 Å². The molecule has 0 aromatic heterocycles. The van der Waals surface area contributed by atoms with E-state index in [1.807, 2.05) is 0 Å². The number of benzene rings is 1. The minimum atomic E-state index is -3.56. The molecular weight excluding hydrogens is 259 g/mol. The van der Waals surface area contributed by atoms with Crippen LogP contribution in [0.2, 0.25) is 0 Å². The van der Waals surface area contributed by atoms with Gasteiger partial charge < -0.3 is 10.2 Å². The van der Waals surface area contributed by atoms with Crippen LogP contribution in [0.25, 0.3) is 0 Å². The first-order chi connectivity index (χ1) is 8.49. The lowest BCUT2D eigenvalue weighted by atomic mass is 10.4. The number of carbonyl (C=O) groups is 1. The molecule has 1 fully saturated rings. The molecule has 2 rings (SSSR count). The first-order valence-electron chi connectivity index (χ1n) is 5.50. The number of hydrogen-bond acceptors (Lipinski definition) is 3. The minimum Gasteiger partial charge on any atom is -0.336 e. The average molecular weight is 272 g/mol. The Labute approximate surface area is 105 Å². The van der Waals surface area contributed by atoms with Crippen molar-refractivity contribution in [1.82, 2.24) is 10.2 Å². The number of nitrogens with one attached hydrogen (secondary N) is 1. The van der Waals surface area contributed by atoms with Crippen molar-refractivity contribution in [3.8, 4) is 0 Å². The Morgan fingerprint density at radius 1 is 1.39 bits per heavy atom. The summed E-state index contributed by atoms with van der Waals surface area (Å²) < 4.78 is 36.8. The normalized spacial score (nSPS) is 15.8. The summed E-state index contributed by atoms with van der Waals surface area (Å²) in [5.41, 5.74) is 0. The van der Waals surface area contributed by atoms with Crippen molar-refractivity contribution in [1.29, 1.82) is 0 Å². The molecule has 1 N–H and O–H groups in total. The number of rotatable bonds is 4. The Morgan fingerprint density at radius 2 is 2.17 bits per heavy atom. The highest BCUT2D eigenvalue weighted by Gasteiger charge is 2.22. The van der Waals surface area contributed by atoms with Gasteiger partial charge in [0, 0.05) is 19.6 Å². The van der Waals surface area contributed by atoms with E-state index in [-0.39, 0.29) is 23.2 Å². The van der Waals surface area contributed by atoms with Gasteiger partial charge in [-0.2, -0.15) is 0 Å². The molecule has 18 heavy (non-hydrogen) atoms. The maximum absolute atomic E-state index is 13.0. The van der Waals surface area contributed by atoms with Gasteiger partial charge in [0.25, 0.3) is 0 Å². The van der Waals surface area contributed by atoms with Crippen molar-refractivity contribution in [2.24, 2.45) is 0 Å². The van der Waals surface area contributed by atoms with Crippen LogP contribution < -0.4 is 5.32 Å². The SMILES string of the molecule is O=C1NCCN1CCS(=O)(=O)c1cccc(F)c1. The van der Waals surface area contributed by atoms with E-state index in [1.54, 1.807) is 0 Å². The van der Waals surface area contributed by atoms with E-state index in [9.17, 15) is 17.6 Å². The smallest absolute Gasteiger partial charge is 0.317 e. The van der Waals surface area contributed by atoms with E-state index in [0.717, 1.165) is 6.07 Å². The summed E-state index contributed by atoms with van der Waals surface area (Å²) in [6, 6.07) is 4.61. The number of amides is 2. The molecule has 98 valence electrons. The van der Waals surface area contributed by atoms with Crippen molar-refractivity contribution >= 4 is 15.9 Å². The lowest BCUT2D eigenvalue weighted by molar-refractivity contribution is 0.220. The predicted octanol–water partition coefficient (Wildman–Crippen LogP) is 0.625. The quantitative estimate of drug-likeness (QED) is 0.874. The zero-order valence-electron chi connectivity index (χ0n) is 9.60. The number of nitrogens with zero attached hydrogens (tertiary/aromatic N) is 1. The van der Waals surface area contributed by atoms with Crippen LogP contribution in [-0.2, 0) is 9.84 Å². The average Bonchev–Trinajstić information content (AvgIpc) is 2.72. The van der Waals surface area contributed by atoms with Crippen LogP contribution in [0.3, 0.4) is 0 Å². The first kappa shape index (κ1) is 12.8. The van der Waals surface area contributed by atoms with Gasteiger partial charge in [0.15, 0.2) is 9.84 Å². The van der Waals surface area contributed by atoms with Crippen LogP contribution >= 0.6 is 0 Å². The van der Waals surface area contributed by atoms with Crippen LogP contribution in [0.15, 0.2) is 29.2 Å². The van der Waals surface area contributed by atoms with Gasteiger partial charge in [-0.15, -0.1) is 0 Å². The van der Waals surface area contributed by atoms with Crippen molar-refractivity contribution in [2.45, 2.75) is 4.90 Å². The van der Waals surface area contributed by atoms with Crippen LogP contribution in [0, 0.1) is 5.82 Å². The topological polar surface area (TPSA) is 66.5 Å². The number of sulfone groups is 1. The molecule has 0 atom stereocenters. The monoisotopic (exact) mass is 272 g/mol. The molecule has 5 nitrogen and oxygen atoms in total. The van der Waals surface area contributed by atoms with Gasteiger partial charge in [-0.05, 0) is 18.2 Å². The Bertz CT molecular complexity index is 559. The number of hydrogen-bond donors (Lipinski definition) is 1. The Morgan fingerprint density at radius 3 is 2.78 bits per heavy atom. The van der Waals surface area contributed by atoms with E-state index in [0.29, 0.717) is 13.1 Å². The zero-order valence-corrected chi connectivity index (χ0v) is 10.4. The van der Waals surface area contributed by atoms with Crippen LogP contribution in [0.1, 0.15) is 0 Å². The Hall–Kier alpha value is -1.63. The first-order valence-corrected chi connectivity index (χ1v) is 7.15. The van der Waals surface area contributed by atoms with E-state index < -0.39 is 15.7 Å². The standard InChI is InChI=1S/C11H13FN2O3S/c12-9-2-1-3-10(8-9)18(16,17)7-6-14-5-4-13-11(14)15/h1-3,8H,4-7H2,(H,13,15). The highest BCUT2D eigenvalue weighted by Crippen LogP contribution is 2.13. The van der Waals surface area contributed by atoms with Crippen LogP contribution in [0.4, 0.5) is 9.18 Å². The summed E-state index contributed by atoms with van der Waals surface area (Å²) >= 11 is 0. The zero-order chi connectivity index (χ0) is 13.2. The summed E-state index contributed by atoms with van der Waals surface area (Å²) in [6.45, 7) is 1.14. The Kier molecular flexibility index (Phi) is 3.51. The van der Waals surface area contributed by atoms with Crippen molar-refractivity contribution < 1.29 is 17.6 Å². The molecule has 2 amide bonds. The van der Waals surface area contributed by atoms with E-state index in [2.05, 4.69) is 5.32 Å². The molecule has 0 spiro atoms. The van der Waals surface area contributed by atoms with Crippen LogP contribution in [-0.4, -0.2) is 44.7 Å². The van der Waals surface area contributed by atoms with Gasteiger partial charge in [-0.25, -0.2) is 17.6 Å². The lowest BCUT2D eigenvalue weighted by Gasteiger charge is -2.13. The molecular formula is C11H13FN2O3S. The van der Waals surface area contributed by atoms with Gasteiger partial charge in [-0.1, -0.05) is 6.07 Å². The summed E-state index contributed by atoms with van der Waals surface area (Å²) in [5.74, 6) is -0.792. The third kappa shape index (κ3) is 2.79. The second-order valence-corrected chi connectivity index (χ2v) is 6.10. The fourth-order valence-electron chi connectivity index (χ4n) is 1.73.